The molecular formula is C23H21ClN2O7S. The molecule has 0 bridgehead atoms. The molecule has 0 aliphatic carbocycles. The fourth-order valence-corrected chi connectivity index (χ4v) is 5.98. The number of benzene rings is 2. The molecule has 178 valence electrons. The van der Waals surface area contributed by atoms with E-state index in [2.05, 4.69) is 0 Å². The van der Waals surface area contributed by atoms with Crippen LogP contribution in [0.2, 0.25) is 5.02 Å². The number of rotatable bonds is 7. The molecule has 1 N–H and O–H groups in total. The van der Waals surface area contributed by atoms with E-state index in [0.29, 0.717) is 15.5 Å². The zero-order valence-electron chi connectivity index (χ0n) is 18.2. The Morgan fingerprint density at radius 2 is 1.85 bits per heavy atom. The number of fused-ring (bicyclic) bond motifs is 1. The lowest BCUT2D eigenvalue weighted by Gasteiger charge is -2.46. The maximum atomic E-state index is 13.5. The van der Waals surface area contributed by atoms with Gasteiger partial charge in [-0.15, -0.1) is 0 Å². The smallest absolute Gasteiger partial charge is 0.356 e. The lowest BCUT2D eigenvalue weighted by atomic mass is 9.79. The van der Waals surface area contributed by atoms with Gasteiger partial charge in [0.1, 0.15) is 12.3 Å². The summed E-state index contributed by atoms with van der Waals surface area (Å²) in [7, 11) is -1.78. The van der Waals surface area contributed by atoms with Gasteiger partial charge in [0.25, 0.3) is 5.69 Å². The molecule has 1 unspecified atom stereocenters. The summed E-state index contributed by atoms with van der Waals surface area (Å²) >= 11 is 5.94. The van der Waals surface area contributed by atoms with Gasteiger partial charge in [-0.05, 0) is 48.9 Å². The molecule has 0 saturated carbocycles. The summed E-state index contributed by atoms with van der Waals surface area (Å²) in [5, 5.41) is 21.4. The second-order valence-electron chi connectivity index (χ2n) is 8.19. The van der Waals surface area contributed by atoms with Crippen molar-refractivity contribution in [1.82, 2.24) is 4.90 Å². The van der Waals surface area contributed by atoms with Crippen molar-refractivity contribution in [2.24, 2.45) is 11.8 Å². The van der Waals surface area contributed by atoms with E-state index in [9.17, 15) is 29.0 Å². The molecule has 1 saturated heterocycles. The molecule has 1 amide bonds. The molecule has 11 heteroatoms. The molecular weight excluding hydrogens is 484 g/mol. The van der Waals surface area contributed by atoms with Crippen LogP contribution in [-0.4, -0.2) is 43.2 Å². The first kappa shape index (κ1) is 24.1. The predicted octanol–water partition coefficient (Wildman–Crippen LogP) is 3.17. The number of β-lactam (4-membered cyclic amide) rings is 1. The molecule has 2 aliphatic heterocycles. The summed E-state index contributed by atoms with van der Waals surface area (Å²) in [4.78, 5) is 38.2. The van der Waals surface area contributed by atoms with Gasteiger partial charge in [-0.1, -0.05) is 18.5 Å². The van der Waals surface area contributed by atoms with Crippen molar-refractivity contribution in [2.45, 2.75) is 37.5 Å². The van der Waals surface area contributed by atoms with Crippen LogP contribution in [0.4, 0.5) is 5.69 Å². The van der Waals surface area contributed by atoms with E-state index in [-0.39, 0.29) is 22.9 Å². The highest BCUT2D eigenvalue weighted by molar-refractivity contribution is 7.89. The van der Waals surface area contributed by atoms with Crippen LogP contribution >= 0.6 is 11.6 Å². The highest BCUT2D eigenvalue weighted by atomic mass is 35.5. The lowest BCUT2D eigenvalue weighted by Crippen LogP contribution is -2.63. The van der Waals surface area contributed by atoms with Gasteiger partial charge in [0.2, 0.25) is 5.91 Å². The van der Waals surface area contributed by atoms with Gasteiger partial charge in [-0.2, -0.15) is 0 Å². The monoisotopic (exact) mass is 504 g/mol. The number of nitro groups is 1. The second-order valence-corrected chi connectivity index (χ2v) is 10.1. The summed E-state index contributed by atoms with van der Waals surface area (Å²) in [6.45, 7) is 3.08. The maximum absolute atomic E-state index is 13.5. The minimum absolute atomic E-state index is 0.0883. The Morgan fingerprint density at radius 3 is 2.41 bits per heavy atom. The van der Waals surface area contributed by atoms with Crippen molar-refractivity contribution < 1.29 is 28.6 Å². The van der Waals surface area contributed by atoms with Crippen molar-refractivity contribution in [2.75, 3.05) is 0 Å². The summed E-state index contributed by atoms with van der Waals surface area (Å²) in [5.74, 6) is -2.44. The van der Waals surface area contributed by atoms with E-state index in [1.54, 1.807) is 31.2 Å². The number of hydrogen-bond acceptors (Lipinski definition) is 7. The van der Waals surface area contributed by atoms with E-state index in [0.717, 1.165) is 0 Å². The number of carbonyl (C=O) groups excluding carboxylic acids is 2. The van der Waals surface area contributed by atoms with Crippen LogP contribution in [0.15, 0.2) is 64.0 Å². The number of ether oxygens (including phenoxy) is 1. The van der Waals surface area contributed by atoms with Crippen LogP contribution in [0.3, 0.4) is 0 Å². The molecule has 9 nitrogen and oxygen atoms in total. The lowest BCUT2D eigenvalue weighted by molar-refractivity contribution is -0.384. The molecule has 2 aliphatic rings. The molecule has 0 aromatic heterocycles. The second kappa shape index (κ2) is 9.28. The number of hydrogen-bond donors (Lipinski definition) is 1. The fraction of sp³-hybridized carbons (Fsp3) is 0.304. The van der Waals surface area contributed by atoms with E-state index in [1.807, 2.05) is 0 Å². The third kappa shape index (κ3) is 4.13. The standard InChI is InChI=1S/C23H21ClN2O7S/c1-12-19-18(13(2)27)22(28)25(19)20(21(12)34(32)17-9-5-15(24)6-10-17)23(29)33-11-14-3-7-16(8-4-14)26(30)31/h3-10,12-13,18-19,27H,11H2,1-2H3/t12-,13-,18-,19-,34?/m1/s1. The molecule has 0 spiro atoms. The van der Waals surface area contributed by atoms with Crippen molar-refractivity contribution >= 4 is 40.0 Å². The van der Waals surface area contributed by atoms with Crippen molar-refractivity contribution in [3.8, 4) is 0 Å². The number of aliphatic hydroxyl groups excluding tert-OH is 1. The zero-order valence-corrected chi connectivity index (χ0v) is 19.8. The van der Waals surface area contributed by atoms with Crippen LogP contribution in [0.1, 0.15) is 19.4 Å². The van der Waals surface area contributed by atoms with Crippen molar-refractivity contribution in [1.29, 1.82) is 0 Å². The van der Waals surface area contributed by atoms with Crippen LogP contribution in [-0.2, 0) is 31.7 Å². The van der Waals surface area contributed by atoms with Gasteiger partial charge in [0, 0.05) is 28.0 Å². The topological polar surface area (TPSA) is 127 Å². The first-order chi connectivity index (χ1) is 16.1. The number of amides is 1. The van der Waals surface area contributed by atoms with E-state index >= 15 is 0 Å². The Kier molecular flexibility index (Phi) is 6.57. The van der Waals surface area contributed by atoms with Gasteiger partial charge < -0.3 is 14.7 Å². The Bertz CT molecular complexity index is 1210. The number of carbonyl (C=O) groups is 2. The molecule has 34 heavy (non-hydrogen) atoms. The summed E-state index contributed by atoms with van der Waals surface area (Å²) in [6, 6.07) is 11.3. The highest BCUT2D eigenvalue weighted by Crippen LogP contribution is 2.49. The van der Waals surface area contributed by atoms with E-state index in [1.165, 1.54) is 36.1 Å². The Morgan fingerprint density at radius 1 is 1.24 bits per heavy atom. The van der Waals surface area contributed by atoms with Crippen LogP contribution in [0.5, 0.6) is 0 Å². The maximum Gasteiger partial charge on any atom is 0.356 e. The quantitative estimate of drug-likeness (QED) is 0.265. The third-order valence-electron chi connectivity index (χ3n) is 6.05. The van der Waals surface area contributed by atoms with Gasteiger partial charge in [-0.25, -0.2) is 9.00 Å². The predicted molar refractivity (Wildman–Crippen MR) is 123 cm³/mol. The molecule has 5 atom stereocenters. The number of nitrogens with zero attached hydrogens (tertiary/aromatic N) is 2. The summed E-state index contributed by atoms with van der Waals surface area (Å²) in [6.07, 6.45) is -0.933. The van der Waals surface area contributed by atoms with Crippen LogP contribution < -0.4 is 0 Å². The van der Waals surface area contributed by atoms with Crippen LogP contribution in [0, 0.1) is 22.0 Å². The Balaban J connectivity index is 1.65. The number of halogens is 1. The average Bonchev–Trinajstić information content (AvgIpc) is 3.06. The largest absolute Gasteiger partial charge is 0.456 e. The van der Waals surface area contributed by atoms with Crippen molar-refractivity contribution in [3.63, 3.8) is 0 Å². The van der Waals surface area contributed by atoms with Crippen LogP contribution in [0.25, 0.3) is 0 Å². The molecule has 4 rings (SSSR count). The number of aliphatic hydroxyl groups is 1. The van der Waals surface area contributed by atoms with Crippen molar-refractivity contribution in [3.05, 3.63) is 79.8 Å². The van der Waals surface area contributed by atoms with Gasteiger partial charge in [0.15, 0.2) is 0 Å². The highest BCUT2D eigenvalue weighted by Gasteiger charge is 2.61. The van der Waals surface area contributed by atoms with Gasteiger partial charge in [0.05, 0.1) is 38.7 Å². The first-order valence-electron chi connectivity index (χ1n) is 10.4. The molecule has 2 aromatic rings. The van der Waals surface area contributed by atoms with Gasteiger partial charge >= 0.3 is 5.97 Å². The average molecular weight is 505 g/mol. The summed E-state index contributed by atoms with van der Waals surface area (Å²) in [5.41, 5.74) is 0.329. The number of nitro benzene ring substituents is 1. The molecule has 0 radical (unpaired) electrons. The first-order valence-corrected chi connectivity index (χ1v) is 12.0. The SMILES string of the molecule is C[C@@H](O)[C@H]1C(=O)N2C(C(=O)OCc3ccc([N+](=O)[O-])cc3)=C(S(=O)c3ccc(Cl)cc3)[C@H](C)[C@H]12. The zero-order chi connectivity index (χ0) is 24.7. The summed E-state index contributed by atoms with van der Waals surface area (Å²) < 4.78 is 18.9. The molecule has 1 fully saturated rings. The third-order valence-corrected chi connectivity index (χ3v) is 7.96. The fourth-order valence-electron chi connectivity index (χ4n) is 4.38. The number of esters is 1. The Labute approximate surface area is 202 Å². The van der Waals surface area contributed by atoms with Gasteiger partial charge in [-0.3, -0.25) is 14.9 Å². The normalized spacial score (nSPS) is 23.2. The minimum atomic E-state index is -1.78. The van der Waals surface area contributed by atoms with E-state index in [4.69, 9.17) is 16.3 Å². The molecule has 2 heterocycles. The Hall–Kier alpha value is -3.08. The molecule has 2 aromatic carbocycles. The minimum Gasteiger partial charge on any atom is -0.456 e. The number of non-ortho nitro benzene ring substituents is 1. The van der Waals surface area contributed by atoms with E-state index < -0.39 is 51.6 Å².